The van der Waals surface area contributed by atoms with E-state index in [9.17, 15) is 9.59 Å². The van der Waals surface area contributed by atoms with E-state index in [4.69, 9.17) is 25.8 Å². The highest BCUT2D eigenvalue weighted by atomic mass is 35.5. The Balaban J connectivity index is 1.43. The predicted octanol–water partition coefficient (Wildman–Crippen LogP) is 1.43. The monoisotopic (exact) mass is 366 g/mol. The van der Waals surface area contributed by atoms with Crippen molar-refractivity contribution in [3.05, 3.63) is 23.2 Å². The molecule has 0 saturated carbocycles. The Kier molecular flexibility index (Phi) is 4.31. The number of ether oxygens (including phenoxy) is 3. The van der Waals surface area contributed by atoms with Crippen LogP contribution in [0.3, 0.4) is 0 Å². The van der Waals surface area contributed by atoms with Gasteiger partial charge in [0.25, 0.3) is 0 Å². The van der Waals surface area contributed by atoms with Gasteiger partial charge in [0.15, 0.2) is 11.5 Å². The summed E-state index contributed by atoms with van der Waals surface area (Å²) < 4.78 is 16.6. The van der Waals surface area contributed by atoms with Crippen LogP contribution in [0.1, 0.15) is 12.8 Å². The first-order valence-electron chi connectivity index (χ1n) is 8.36. The molecule has 0 atom stereocenters. The van der Waals surface area contributed by atoms with Crippen molar-refractivity contribution in [2.24, 2.45) is 0 Å². The van der Waals surface area contributed by atoms with Crippen molar-refractivity contribution >= 4 is 29.2 Å². The van der Waals surface area contributed by atoms with Crippen molar-refractivity contribution in [1.29, 1.82) is 0 Å². The summed E-state index contributed by atoms with van der Waals surface area (Å²) in [7, 11) is 0. The zero-order chi connectivity index (χ0) is 17.4. The van der Waals surface area contributed by atoms with Crippen LogP contribution in [0.25, 0.3) is 0 Å². The number of rotatable bonds is 2. The van der Waals surface area contributed by atoms with E-state index >= 15 is 0 Å². The van der Waals surface area contributed by atoms with Gasteiger partial charge in [-0.15, -0.1) is 0 Å². The standard InChI is InChI=1S/C17H19ClN2O5/c18-12-1-2-14-13(9-12)20(11-16(22)25-14)10-15(21)19-5-3-17(4-6-19)23-7-8-24-17/h1-2,9H,3-8,10-11H2. The van der Waals surface area contributed by atoms with Crippen LogP contribution in [0, 0.1) is 0 Å². The number of carbonyl (C=O) groups excluding carboxylic acids is 2. The normalized spacial score (nSPS) is 22.0. The zero-order valence-corrected chi connectivity index (χ0v) is 14.5. The number of nitrogens with zero attached hydrogens (tertiary/aromatic N) is 2. The summed E-state index contributed by atoms with van der Waals surface area (Å²) in [5.74, 6) is -0.494. The SMILES string of the molecule is O=C1CN(CC(=O)N2CCC3(CC2)OCCO3)c2cc(Cl)ccc2O1. The Morgan fingerprint density at radius 3 is 2.64 bits per heavy atom. The molecule has 134 valence electrons. The fourth-order valence-electron chi connectivity index (χ4n) is 3.51. The lowest BCUT2D eigenvalue weighted by Crippen LogP contribution is -2.51. The number of carbonyl (C=O) groups is 2. The van der Waals surface area contributed by atoms with Crippen LogP contribution in [0.2, 0.25) is 5.02 Å². The van der Waals surface area contributed by atoms with E-state index in [2.05, 4.69) is 0 Å². The van der Waals surface area contributed by atoms with Gasteiger partial charge >= 0.3 is 5.97 Å². The summed E-state index contributed by atoms with van der Waals surface area (Å²) in [4.78, 5) is 28.0. The van der Waals surface area contributed by atoms with Gasteiger partial charge in [-0.3, -0.25) is 4.79 Å². The van der Waals surface area contributed by atoms with Crippen LogP contribution < -0.4 is 9.64 Å². The highest BCUT2D eigenvalue weighted by molar-refractivity contribution is 6.31. The van der Waals surface area contributed by atoms with E-state index in [0.717, 1.165) is 0 Å². The Morgan fingerprint density at radius 1 is 1.20 bits per heavy atom. The number of likely N-dealkylation sites (tertiary alicyclic amines) is 1. The van der Waals surface area contributed by atoms with Crippen molar-refractivity contribution in [2.75, 3.05) is 44.3 Å². The Bertz CT molecular complexity index is 694. The first kappa shape index (κ1) is 16.6. The molecule has 2 saturated heterocycles. The molecule has 1 amide bonds. The predicted molar refractivity (Wildman–Crippen MR) is 89.7 cm³/mol. The lowest BCUT2D eigenvalue weighted by atomic mass is 10.0. The van der Waals surface area contributed by atoms with Gasteiger partial charge < -0.3 is 24.0 Å². The average Bonchev–Trinajstić information content (AvgIpc) is 3.04. The van der Waals surface area contributed by atoms with Crippen LogP contribution in [0.5, 0.6) is 5.75 Å². The molecule has 0 aromatic heterocycles. The van der Waals surface area contributed by atoms with E-state index in [-0.39, 0.29) is 25.0 Å². The molecular formula is C17H19ClN2O5. The van der Waals surface area contributed by atoms with Gasteiger partial charge in [0.05, 0.1) is 25.4 Å². The van der Waals surface area contributed by atoms with Crippen LogP contribution >= 0.6 is 11.6 Å². The quantitative estimate of drug-likeness (QED) is 0.582. The molecule has 3 heterocycles. The number of anilines is 1. The van der Waals surface area contributed by atoms with Crippen LogP contribution in [-0.2, 0) is 19.1 Å². The minimum Gasteiger partial charge on any atom is -0.423 e. The second-order valence-electron chi connectivity index (χ2n) is 6.43. The highest BCUT2D eigenvalue weighted by Gasteiger charge is 2.41. The molecule has 1 aromatic carbocycles. The maximum absolute atomic E-state index is 12.7. The van der Waals surface area contributed by atoms with E-state index < -0.39 is 5.79 Å². The lowest BCUT2D eigenvalue weighted by Gasteiger charge is -2.38. The minimum atomic E-state index is -0.508. The second kappa shape index (κ2) is 6.48. The third-order valence-electron chi connectivity index (χ3n) is 4.82. The molecule has 1 aromatic rings. The van der Waals surface area contributed by atoms with E-state index in [1.807, 2.05) is 0 Å². The number of hydrogen-bond donors (Lipinski definition) is 0. The Labute approximate surface area is 150 Å². The van der Waals surface area contributed by atoms with E-state index in [0.29, 0.717) is 55.6 Å². The average molecular weight is 367 g/mol. The molecule has 3 aliphatic heterocycles. The van der Waals surface area contributed by atoms with Crippen molar-refractivity contribution < 1.29 is 23.8 Å². The summed E-state index contributed by atoms with van der Waals surface area (Å²) in [5, 5.41) is 0.532. The number of fused-ring (bicyclic) bond motifs is 1. The number of benzene rings is 1. The molecule has 0 radical (unpaired) electrons. The summed E-state index contributed by atoms with van der Waals surface area (Å²) in [5.41, 5.74) is 0.663. The Hall–Kier alpha value is -1.83. The third kappa shape index (κ3) is 3.31. The molecule has 0 unspecified atom stereocenters. The number of piperidine rings is 1. The van der Waals surface area contributed by atoms with Gasteiger partial charge in [-0.05, 0) is 18.2 Å². The molecular weight excluding hydrogens is 348 g/mol. The fourth-order valence-corrected chi connectivity index (χ4v) is 3.67. The van der Waals surface area contributed by atoms with Gasteiger partial charge in [0, 0.05) is 31.0 Å². The maximum atomic E-state index is 12.7. The third-order valence-corrected chi connectivity index (χ3v) is 5.06. The van der Waals surface area contributed by atoms with Crippen LogP contribution in [0.4, 0.5) is 5.69 Å². The molecule has 7 nitrogen and oxygen atoms in total. The number of halogens is 1. The smallest absolute Gasteiger partial charge is 0.331 e. The minimum absolute atomic E-state index is 0.0308. The number of amides is 1. The Morgan fingerprint density at radius 2 is 1.92 bits per heavy atom. The molecule has 0 aliphatic carbocycles. The van der Waals surface area contributed by atoms with Crippen molar-refractivity contribution in [1.82, 2.24) is 4.90 Å². The summed E-state index contributed by atoms with van der Waals surface area (Å²) >= 11 is 6.04. The first-order valence-corrected chi connectivity index (χ1v) is 8.73. The van der Waals surface area contributed by atoms with Crippen LogP contribution in [-0.4, -0.2) is 62.0 Å². The van der Waals surface area contributed by atoms with Crippen molar-refractivity contribution in [2.45, 2.75) is 18.6 Å². The van der Waals surface area contributed by atoms with Gasteiger partial charge in [-0.2, -0.15) is 0 Å². The molecule has 25 heavy (non-hydrogen) atoms. The molecule has 0 bridgehead atoms. The van der Waals surface area contributed by atoms with E-state index in [1.54, 1.807) is 28.0 Å². The van der Waals surface area contributed by atoms with Crippen LogP contribution in [0.15, 0.2) is 18.2 Å². The molecule has 0 N–H and O–H groups in total. The molecule has 3 aliphatic rings. The highest BCUT2D eigenvalue weighted by Crippen LogP contribution is 2.35. The van der Waals surface area contributed by atoms with Gasteiger partial charge in [0.1, 0.15) is 6.54 Å². The lowest BCUT2D eigenvalue weighted by molar-refractivity contribution is -0.187. The van der Waals surface area contributed by atoms with Gasteiger partial charge in [0.2, 0.25) is 5.91 Å². The molecule has 1 spiro atoms. The van der Waals surface area contributed by atoms with E-state index in [1.165, 1.54) is 0 Å². The summed E-state index contributed by atoms with van der Waals surface area (Å²) in [6, 6.07) is 5.01. The first-order chi connectivity index (χ1) is 12.0. The molecule has 4 rings (SSSR count). The second-order valence-corrected chi connectivity index (χ2v) is 6.87. The maximum Gasteiger partial charge on any atom is 0.331 e. The van der Waals surface area contributed by atoms with Gasteiger partial charge in [-0.1, -0.05) is 11.6 Å². The number of esters is 1. The summed E-state index contributed by atoms with van der Waals surface area (Å²) in [6.45, 7) is 2.53. The topological polar surface area (TPSA) is 68.3 Å². The zero-order valence-electron chi connectivity index (χ0n) is 13.7. The largest absolute Gasteiger partial charge is 0.423 e. The molecule has 2 fully saturated rings. The van der Waals surface area contributed by atoms with Crippen molar-refractivity contribution in [3.63, 3.8) is 0 Å². The van der Waals surface area contributed by atoms with Gasteiger partial charge in [-0.25, -0.2) is 4.79 Å². The molecule has 8 heteroatoms. The fraction of sp³-hybridized carbons (Fsp3) is 0.529. The number of hydrogen-bond acceptors (Lipinski definition) is 6. The van der Waals surface area contributed by atoms with Crippen molar-refractivity contribution in [3.8, 4) is 5.75 Å². The summed E-state index contributed by atoms with van der Waals surface area (Å²) in [6.07, 6.45) is 1.34.